The molecule has 0 aliphatic carbocycles. The molecule has 0 aliphatic rings. The Morgan fingerprint density at radius 3 is 2.69 bits per heavy atom. The molecule has 2 aromatic carbocycles. The van der Waals surface area contributed by atoms with E-state index in [0.717, 1.165) is 15.4 Å². The maximum Gasteiger partial charge on any atom is 0.272 e. The molecule has 0 unspecified atom stereocenters. The van der Waals surface area contributed by atoms with Crippen LogP contribution in [0.5, 0.6) is 11.5 Å². The Balaban J connectivity index is 1.81. The largest absolute Gasteiger partial charge is 0.493 e. The highest BCUT2D eigenvalue weighted by atomic mass is 79.9. The Kier molecular flexibility index (Phi) is 5.13. The summed E-state index contributed by atoms with van der Waals surface area (Å²) < 4.78 is 11.4. The Bertz CT molecular complexity index is 984. The molecule has 8 heteroatoms. The molecule has 4 N–H and O–H groups in total. The van der Waals surface area contributed by atoms with Crippen LogP contribution in [0.1, 0.15) is 10.5 Å². The number of primary amides is 1. The first-order valence-electron chi connectivity index (χ1n) is 7.65. The number of amides is 2. The molecule has 0 fully saturated rings. The van der Waals surface area contributed by atoms with Gasteiger partial charge >= 0.3 is 0 Å². The quantitative estimate of drug-likeness (QED) is 0.572. The predicted molar refractivity (Wildman–Crippen MR) is 102 cm³/mol. The van der Waals surface area contributed by atoms with Crippen LogP contribution in [0.25, 0.3) is 10.9 Å². The number of fused-ring (bicyclic) bond motifs is 1. The van der Waals surface area contributed by atoms with Crippen molar-refractivity contribution in [2.24, 2.45) is 5.73 Å². The van der Waals surface area contributed by atoms with Gasteiger partial charge in [0, 0.05) is 27.1 Å². The molecule has 7 nitrogen and oxygen atoms in total. The van der Waals surface area contributed by atoms with Gasteiger partial charge in [0.15, 0.2) is 18.1 Å². The minimum absolute atomic E-state index is 0.287. The summed E-state index contributed by atoms with van der Waals surface area (Å²) in [5.41, 5.74) is 6.86. The Hall–Kier alpha value is -3.00. The van der Waals surface area contributed by atoms with Crippen LogP contribution in [-0.2, 0) is 4.79 Å². The maximum absolute atomic E-state index is 12.5. The number of hydrogen-bond donors (Lipinski definition) is 3. The fourth-order valence-electron chi connectivity index (χ4n) is 2.44. The zero-order valence-corrected chi connectivity index (χ0v) is 15.4. The first-order chi connectivity index (χ1) is 12.5. The second kappa shape index (κ2) is 7.49. The number of aromatic nitrogens is 1. The molecule has 1 aromatic heterocycles. The van der Waals surface area contributed by atoms with Gasteiger partial charge in [-0.1, -0.05) is 22.0 Å². The van der Waals surface area contributed by atoms with Gasteiger partial charge in [-0.2, -0.15) is 0 Å². The molecule has 0 saturated carbocycles. The van der Waals surface area contributed by atoms with Crippen LogP contribution in [0.4, 0.5) is 5.69 Å². The number of aromatic amines is 1. The van der Waals surface area contributed by atoms with Crippen LogP contribution in [0.3, 0.4) is 0 Å². The third kappa shape index (κ3) is 3.97. The number of H-pyrrole nitrogens is 1. The summed E-state index contributed by atoms with van der Waals surface area (Å²) in [6.07, 6.45) is 0. The van der Waals surface area contributed by atoms with Crippen molar-refractivity contribution >= 4 is 44.3 Å². The molecule has 0 radical (unpaired) electrons. The van der Waals surface area contributed by atoms with Gasteiger partial charge in [-0.05, 0) is 30.3 Å². The monoisotopic (exact) mass is 417 g/mol. The van der Waals surface area contributed by atoms with Crippen molar-refractivity contribution in [2.45, 2.75) is 0 Å². The Morgan fingerprint density at radius 1 is 1.15 bits per heavy atom. The average Bonchev–Trinajstić information content (AvgIpc) is 3.03. The third-order valence-electron chi connectivity index (χ3n) is 3.62. The summed E-state index contributed by atoms with van der Waals surface area (Å²) in [6.45, 7) is -0.287. The molecular weight excluding hydrogens is 402 g/mol. The summed E-state index contributed by atoms with van der Waals surface area (Å²) in [4.78, 5) is 26.5. The van der Waals surface area contributed by atoms with E-state index in [1.807, 2.05) is 18.2 Å². The highest BCUT2D eigenvalue weighted by molar-refractivity contribution is 9.10. The van der Waals surface area contributed by atoms with E-state index in [9.17, 15) is 9.59 Å². The molecular formula is C18H16BrN3O4. The minimum atomic E-state index is -0.606. The summed E-state index contributed by atoms with van der Waals surface area (Å²) in [5, 5.41) is 3.71. The zero-order chi connectivity index (χ0) is 18.7. The lowest BCUT2D eigenvalue weighted by atomic mass is 10.2. The molecule has 0 atom stereocenters. The molecule has 0 aliphatic heterocycles. The van der Waals surface area contributed by atoms with E-state index in [1.165, 1.54) is 7.11 Å². The molecule has 0 spiro atoms. The van der Waals surface area contributed by atoms with Gasteiger partial charge in [-0.3, -0.25) is 9.59 Å². The number of rotatable bonds is 6. The van der Waals surface area contributed by atoms with E-state index in [-0.39, 0.29) is 12.5 Å². The van der Waals surface area contributed by atoms with E-state index < -0.39 is 5.91 Å². The standard InChI is InChI=1S/C18H16BrN3O4/c1-25-15-5-4-12(8-16(15)26-9-17(20)23)21-18(24)14-6-10-2-3-11(19)7-13(10)22-14/h2-8,22H,9H2,1H3,(H2,20,23)(H,21,24). The minimum Gasteiger partial charge on any atom is -0.493 e. The van der Waals surface area contributed by atoms with Crippen molar-refractivity contribution in [2.75, 3.05) is 19.0 Å². The highest BCUT2D eigenvalue weighted by Gasteiger charge is 2.13. The van der Waals surface area contributed by atoms with Crippen molar-refractivity contribution in [3.63, 3.8) is 0 Å². The van der Waals surface area contributed by atoms with Crippen molar-refractivity contribution < 1.29 is 19.1 Å². The van der Waals surface area contributed by atoms with Crippen molar-refractivity contribution in [1.82, 2.24) is 4.98 Å². The van der Waals surface area contributed by atoms with Crippen molar-refractivity contribution in [3.05, 3.63) is 52.6 Å². The number of anilines is 1. The first-order valence-corrected chi connectivity index (χ1v) is 8.44. The molecule has 2 amide bonds. The molecule has 0 saturated heterocycles. The van der Waals surface area contributed by atoms with E-state index in [2.05, 4.69) is 26.2 Å². The number of hydrogen-bond acceptors (Lipinski definition) is 4. The fourth-order valence-corrected chi connectivity index (χ4v) is 2.80. The Morgan fingerprint density at radius 2 is 1.96 bits per heavy atom. The lowest BCUT2D eigenvalue weighted by molar-refractivity contribution is -0.119. The topological polar surface area (TPSA) is 106 Å². The number of carbonyl (C=O) groups excluding carboxylic acids is 2. The zero-order valence-electron chi connectivity index (χ0n) is 13.8. The van der Waals surface area contributed by atoms with Crippen LogP contribution < -0.4 is 20.5 Å². The molecule has 3 aromatic rings. The molecule has 3 rings (SSSR count). The van der Waals surface area contributed by atoms with Crippen LogP contribution in [0, 0.1) is 0 Å². The van der Waals surface area contributed by atoms with Gasteiger partial charge in [0.2, 0.25) is 0 Å². The molecule has 1 heterocycles. The van der Waals surface area contributed by atoms with Gasteiger partial charge < -0.3 is 25.5 Å². The second-order valence-corrected chi connectivity index (χ2v) is 6.41. The molecule has 26 heavy (non-hydrogen) atoms. The lowest BCUT2D eigenvalue weighted by Crippen LogP contribution is -2.20. The SMILES string of the molecule is COc1ccc(NC(=O)c2cc3ccc(Br)cc3[nH]2)cc1OCC(N)=O. The van der Waals surface area contributed by atoms with Crippen molar-refractivity contribution in [3.8, 4) is 11.5 Å². The summed E-state index contributed by atoms with van der Waals surface area (Å²) in [5.74, 6) is -0.168. The number of carbonyl (C=O) groups is 2. The second-order valence-electron chi connectivity index (χ2n) is 5.49. The van der Waals surface area contributed by atoms with Crippen LogP contribution in [0.15, 0.2) is 46.9 Å². The van der Waals surface area contributed by atoms with Gasteiger partial charge in [-0.15, -0.1) is 0 Å². The number of methoxy groups -OCH3 is 1. The average molecular weight is 418 g/mol. The van der Waals surface area contributed by atoms with Gasteiger partial charge in [0.05, 0.1) is 7.11 Å². The number of nitrogens with one attached hydrogen (secondary N) is 2. The van der Waals surface area contributed by atoms with Gasteiger partial charge in [-0.25, -0.2) is 0 Å². The summed E-state index contributed by atoms with van der Waals surface area (Å²) >= 11 is 3.40. The van der Waals surface area contributed by atoms with E-state index in [4.69, 9.17) is 15.2 Å². The van der Waals surface area contributed by atoms with Gasteiger partial charge in [0.1, 0.15) is 5.69 Å². The third-order valence-corrected chi connectivity index (χ3v) is 4.11. The highest BCUT2D eigenvalue weighted by Crippen LogP contribution is 2.30. The van der Waals surface area contributed by atoms with Crippen molar-refractivity contribution in [1.29, 1.82) is 0 Å². The number of nitrogens with two attached hydrogens (primary N) is 1. The smallest absolute Gasteiger partial charge is 0.272 e. The van der Waals surface area contributed by atoms with E-state index in [1.54, 1.807) is 24.3 Å². The Labute approximate surface area is 157 Å². The maximum atomic E-state index is 12.5. The number of ether oxygens (including phenoxy) is 2. The van der Waals surface area contributed by atoms with Crippen LogP contribution in [-0.4, -0.2) is 30.5 Å². The normalized spacial score (nSPS) is 10.5. The lowest BCUT2D eigenvalue weighted by Gasteiger charge is -2.11. The first kappa shape index (κ1) is 17.8. The summed E-state index contributed by atoms with van der Waals surface area (Å²) in [6, 6.07) is 12.4. The van der Waals surface area contributed by atoms with E-state index >= 15 is 0 Å². The molecule has 134 valence electrons. The fraction of sp³-hybridized carbons (Fsp3) is 0.111. The molecule has 0 bridgehead atoms. The number of halogens is 1. The predicted octanol–water partition coefficient (Wildman–Crippen LogP) is 3.06. The van der Waals surface area contributed by atoms with Crippen LogP contribution >= 0.6 is 15.9 Å². The van der Waals surface area contributed by atoms with Crippen LogP contribution in [0.2, 0.25) is 0 Å². The van der Waals surface area contributed by atoms with Gasteiger partial charge in [0.25, 0.3) is 11.8 Å². The summed E-state index contributed by atoms with van der Waals surface area (Å²) in [7, 11) is 1.48. The van der Waals surface area contributed by atoms with E-state index in [0.29, 0.717) is 22.9 Å². The number of benzene rings is 2.